The topological polar surface area (TPSA) is 89.8 Å². The van der Waals surface area contributed by atoms with Crippen LogP contribution >= 0.6 is 0 Å². The first-order valence-electron chi connectivity index (χ1n) is 6.29. The highest BCUT2D eigenvalue weighted by Crippen LogP contribution is 2.21. The molecule has 21 heavy (non-hydrogen) atoms. The number of halogens is 1. The maximum Gasteiger partial charge on any atom is 0.325 e. The summed E-state index contributed by atoms with van der Waals surface area (Å²) in [7, 11) is 0. The van der Waals surface area contributed by atoms with Crippen molar-refractivity contribution in [2.45, 2.75) is 13.8 Å². The molecule has 1 amide bonds. The molecule has 0 fully saturated rings. The number of carbonyl (C=O) groups excluding carboxylic acids is 2. The van der Waals surface area contributed by atoms with Crippen molar-refractivity contribution in [3.63, 3.8) is 0 Å². The van der Waals surface area contributed by atoms with Crippen LogP contribution in [0.1, 0.15) is 24.2 Å². The summed E-state index contributed by atoms with van der Waals surface area (Å²) in [5, 5.41) is 10.9. The molecule has 1 aromatic carbocycles. The van der Waals surface area contributed by atoms with Crippen LogP contribution < -0.4 is 0 Å². The smallest absolute Gasteiger partial charge is 0.325 e. The zero-order valence-corrected chi connectivity index (χ0v) is 11.7. The standard InChI is InChI=1S/C13H15FN2O5/c1-3-15(8-12(17)21-4-2)13(18)10-6-5-9(14)7-11(10)16(19)20/h5-7H,3-4,8H2,1-2H3. The molecular weight excluding hydrogens is 283 g/mol. The Bertz CT molecular complexity index is 561. The van der Waals surface area contributed by atoms with E-state index in [9.17, 15) is 24.1 Å². The van der Waals surface area contributed by atoms with Crippen LogP contribution in [0.5, 0.6) is 0 Å². The zero-order valence-electron chi connectivity index (χ0n) is 11.7. The van der Waals surface area contributed by atoms with Crippen molar-refractivity contribution in [2.75, 3.05) is 19.7 Å². The number of carbonyl (C=O) groups is 2. The Morgan fingerprint density at radius 1 is 1.38 bits per heavy atom. The predicted molar refractivity (Wildman–Crippen MR) is 71.3 cm³/mol. The van der Waals surface area contributed by atoms with E-state index >= 15 is 0 Å². The fourth-order valence-electron chi connectivity index (χ4n) is 1.70. The highest BCUT2D eigenvalue weighted by Gasteiger charge is 2.26. The molecule has 0 spiro atoms. The summed E-state index contributed by atoms with van der Waals surface area (Å²) >= 11 is 0. The van der Waals surface area contributed by atoms with Gasteiger partial charge in [0.2, 0.25) is 0 Å². The Balaban J connectivity index is 3.05. The van der Waals surface area contributed by atoms with Gasteiger partial charge in [-0.2, -0.15) is 0 Å². The number of hydrogen-bond acceptors (Lipinski definition) is 5. The predicted octanol–water partition coefficient (Wildman–Crippen LogP) is 1.76. The third-order valence-corrected chi connectivity index (χ3v) is 2.68. The van der Waals surface area contributed by atoms with E-state index in [2.05, 4.69) is 0 Å². The van der Waals surface area contributed by atoms with Gasteiger partial charge < -0.3 is 9.64 Å². The number of nitro groups is 1. The number of benzene rings is 1. The molecule has 8 heteroatoms. The number of nitrogens with zero attached hydrogens (tertiary/aromatic N) is 2. The third-order valence-electron chi connectivity index (χ3n) is 2.68. The molecule has 0 atom stereocenters. The average molecular weight is 298 g/mol. The van der Waals surface area contributed by atoms with Gasteiger partial charge >= 0.3 is 5.97 Å². The molecule has 0 heterocycles. The number of hydrogen-bond donors (Lipinski definition) is 0. The van der Waals surface area contributed by atoms with Crippen LogP contribution in [0.3, 0.4) is 0 Å². The third kappa shape index (κ3) is 4.23. The summed E-state index contributed by atoms with van der Waals surface area (Å²) in [6, 6.07) is 2.66. The molecule has 0 radical (unpaired) electrons. The Labute approximate surface area is 120 Å². The maximum atomic E-state index is 13.1. The van der Waals surface area contributed by atoms with Crippen LogP contribution in [0.25, 0.3) is 0 Å². The molecule has 0 unspecified atom stereocenters. The lowest BCUT2D eigenvalue weighted by molar-refractivity contribution is -0.385. The van der Waals surface area contributed by atoms with Crippen molar-refractivity contribution in [3.8, 4) is 0 Å². The van der Waals surface area contributed by atoms with E-state index in [-0.39, 0.29) is 25.3 Å². The molecule has 0 aliphatic heterocycles. The zero-order chi connectivity index (χ0) is 16.0. The summed E-state index contributed by atoms with van der Waals surface area (Å²) in [6.45, 7) is 3.25. The van der Waals surface area contributed by atoms with Crippen molar-refractivity contribution in [3.05, 3.63) is 39.7 Å². The van der Waals surface area contributed by atoms with E-state index in [0.29, 0.717) is 6.07 Å². The van der Waals surface area contributed by atoms with Crippen molar-refractivity contribution >= 4 is 17.6 Å². The van der Waals surface area contributed by atoms with Gasteiger partial charge in [-0.3, -0.25) is 19.7 Å². The van der Waals surface area contributed by atoms with Gasteiger partial charge in [0.1, 0.15) is 17.9 Å². The van der Waals surface area contributed by atoms with Gasteiger partial charge in [-0.15, -0.1) is 0 Å². The van der Waals surface area contributed by atoms with Crippen molar-refractivity contribution in [1.82, 2.24) is 4.90 Å². The first-order valence-corrected chi connectivity index (χ1v) is 6.29. The molecular formula is C13H15FN2O5. The lowest BCUT2D eigenvalue weighted by Gasteiger charge is -2.19. The highest BCUT2D eigenvalue weighted by atomic mass is 19.1. The molecule has 0 N–H and O–H groups in total. The lowest BCUT2D eigenvalue weighted by Crippen LogP contribution is -2.36. The molecule has 0 aromatic heterocycles. The molecule has 0 aliphatic rings. The molecule has 0 saturated heterocycles. The Kier molecular flexibility index (Phi) is 5.77. The SMILES string of the molecule is CCOC(=O)CN(CC)C(=O)c1ccc(F)cc1[N+](=O)[O-]. The second kappa shape index (κ2) is 7.32. The highest BCUT2D eigenvalue weighted by molar-refractivity contribution is 5.99. The number of esters is 1. The largest absolute Gasteiger partial charge is 0.465 e. The van der Waals surface area contributed by atoms with Crippen LogP contribution in [0.15, 0.2) is 18.2 Å². The van der Waals surface area contributed by atoms with E-state index in [1.807, 2.05) is 0 Å². The summed E-state index contributed by atoms with van der Waals surface area (Å²) < 4.78 is 17.8. The van der Waals surface area contributed by atoms with Crippen molar-refractivity contribution < 1.29 is 23.6 Å². The van der Waals surface area contributed by atoms with E-state index in [0.717, 1.165) is 17.0 Å². The van der Waals surface area contributed by atoms with Gasteiger partial charge in [-0.05, 0) is 26.0 Å². The van der Waals surface area contributed by atoms with Crippen molar-refractivity contribution in [1.29, 1.82) is 0 Å². The quantitative estimate of drug-likeness (QED) is 0.453. The molecule has 114 valence electrons. The van der Waals surface area contributed by atoms with E-state index in [1.54, 1.807) is 13.8 Å². The normalized spacial score (nSPS) is 10.0. The van der Waals surface area contributed by atoms with Crippen LogP contribution in [0, 0.1) is 15.9 Å². The fourth-order valence-corrected chi connectivity index (χ4v) is 1.70. The second-order valence-electron chi connectivity index (χ2n) is 4.04. The minimum absolute atomic E-state index is 0.159. The van der Waals surface area contributed by atoms with Gasteiger partial charge in [0, 0.05) is 6.54 Å². The van der Waals surface area contributed by atoms with Crippen LogP contribution in [-0.4, -0.2) is 41.4 Å². The average Bonchev–Trinajstić information content (AvgIpc) is 2.44. The van der Waals surface area contributed by atoms with Gasteiger partial charge in [0.25, 0.3) is 11.6 Å². The molecule has 1 rings (SSSR count). The summed E-state index contributed by atoms with van der Waals surface area (Å²) in [6.07, 6.45) is 0. The number of ether oxygens (including phenoxy) is 1. The lowest BCUT2D eigenvalue weighted by atomic mass is 10.1. The summed E-state index contributed by atoms with van der Waals surface area (Å²) in [5.74, 6) is -2.15. The first kappa shape index (κ1) is 16.5. The maximum absolute atomic E-state index is 13.1. The first-order chi connectivity index (χ1) is 9.90. The summed E-state index contributed by atoms with van der Waals surface area (Å²) in [5.41, 5.74) is -0.908. The van der Waals surface area contributed by atoms with E-state index < -0.39 is 28.3 Å². The Morgan fingerprint density at radius 2 is 2.05 bits per heavy atom. The van der Waals surface area contributed by atoms with Crippen molar-refractivity contribution in [2.24, 2.45) is 0 Å². The minimum Gasteiger partial charge on any atom is -0.465 e. The number of rotatable bonds is 6. The molecule has 7 nitrogen and oxygen atoms in total. The van der Waals surface area contributed by atoms with Crippen LogP contribution in [-0.2, 0) is 9.53 Å². The van der Waals surface area contributed by atoms with Crippen LogP contribution in [0.2, 0.25) is 0 Å². The van der Waals surface area contributed by atoms with Gasteiger partial charge in [0.05, 0.1) is 17.6 Å². The molecule has 1 aromatic rings. The minimum atomic E-state index is -0.839. The molecule has 0 saturated carbocycles. The molecule has 0 bridgehead atoms. The molecule has 0 aliphatic carbocycles. The van der Waals surface area contributed by atoms with E-state index in [4.69, 9.17) is 4.74 Å². The number of nitro benzene ring substituents is 1. The van der Waals surface area contributed by atoms with Gasteiger partial charge in [-0.1, -0.05) is 0 Å². The van der Waals surface area contributed by atoms with Crippen LogP contribution in [0.4, 0.5) is 10.1 Å². The number of amides is 1. The second-order valence-corrected chi connectivity index (χ2v) is 4.04. The number of likely N-dealkylation sites (N-methyl/N-ethyl adjacent to an activating group) is 1. The Morgan fingerprint density at radius 3 is 2.57 bits per heavy atom. The van der Waals surface area contributed by atoms with E-state index in [1.165, 1.54) is 0 Å². The van der Waals surface area contributed by atoms with Gasteiger partial charge in [0.15, 0.2) is 0 Å². The Hall–Kier alpha value is -2.51. The monoisotopic (exact) mass is 298 g/mol. The summed E-state index contributed by atoms with van der Waals surface area (Å²) in [4.78, 5) is 34.8. The fraction of sp³-hybridized carbons (Fsp3) is 0.385. The van der Waals surface area contributed by atoms with Gasteiger partial charge in [-0.25, -0.2) is 4.39 Å².